The van der Waals surface area contributed by atoms with E-state index in [0.717, 1.165) is 0 Å². The number of hydrogen-bond donors (Lipinski definition) is 3. The van der Waals surface area contributed by atoms with E-state index < -0.39 is 35.9 Å². The summed E-state index contributed by atoms with van der Waals surface area (Å²) < 4.78 is 33.5. The zero-order valence-electron chi connectivity index (χ0n) is 14.2. The maximum atomic E-state index is 12.4. The van der Waals surface area contributed by atoms with Crippen LogP contribution in [-0.2, 0) is 14.3 Å². The first kappa shape index (κ1) is 21.9. The molecule has 0 aliphatic heterocycles. The second-order valence-electron chi connectivity index (χ2n) is 6.16. The lowest BCUT2D eigenvalue weighted by molar-refractivity contribution is -0.182. The third kappa shape index (κ3) is 12.4. The molecule has 0 saturated heterocycles. The highest BCUT2D eigenvalue weighted by Crippen LogP contribution is 2.13. The summed E-state index contributed by atoms with van der Waals surface area (Å²) in [7, 11) is 0. The monoisotopic (exact) mass is 354 g/mol. The number of alkyl halides is 2. The van der Waals surface area contributed by atoms with Crippen molar-refractivity contribution in [1.82, 2.24) is 10.6 Å². The highest BCUT2D eigenvalue weighted by Gasteiger charge is 2.26. The number of amides is 2. The van der Waals surface area contributed by atoms with Gasteiger partial charge in [-0.3, -0.25) is 0 Å². The molecule has 0 saturated carbocycles. The zero-order valence-corrected chi connectivity index (χ0v) is 14.2. The zero-order chi connectivity index (χ0) is 19.0. The summed E-state index contributed by atoms with van der Waals surface area (Å²) in [6.07, 6.45) is -4.92. The number of carbonyl (C=O) groups is 3. The van der Waals surface area contributed by atoms with Gasteiger partial charge in [0.25, 0.3) is 0 Å². The van der Waals surface area contributed by atoms with Gasteiger partial charge in [0.05, 0.1) is 0 Å². The molecule has 0 spiro atoms. The number of alkyl carbamates (subject to hydrolysis) is 2. The molecule has 0 aromatic carbocycles. The van der Waals surface area contributed by atoms with E-state index >= 15 is 0 Å². The van der Waals surface area contributed by atoms with Crippen molar-refractivity contribution in [1.29, 1.82) is 0 Å². The van der Waals surface area contributed by atoms with Gasteiger partial charge in [-0.1, -0.05) is 0 Å². The number of ether oxygens (including phenoxy) is 2. The normalized spacial score (nSPS) is 12.9. The summed E-state index contributed by atoms with van der Waals surface area (Å²) >= 11 is 0. The first-order valence-electron chi connectivity index (χ1n) is 7.37. The van der Waals surface area contributed by atoms with Crippen LogP contribution in [0.2, 0.25) is 0 Å². The van der Waals surface area contributed by atoms with Crippen molar-refractivity contribution in [2.24, 2.45) is 0 Å². The SMILES string of the molecule is CC(C)(C)OC(=O)N[C@@H](CCCCNC(=O)OC(C)(F)F)C(=O)O. The maximum Gasteiger partial charge on any atom is 0.411 e. The third-order valence-electron chi connectivity index (χ3n) is 2.45. The fourth-order valence-corrected chi connectivity index (χ4v) is 1.57. The van der Waals surface area contributed by atoms with Gasteiger partial charge in [0.15, 0.2) is 0 Å². The van der Waals surface area contributed by atoms with Crippen LogP contribution in [0.5, 0.6) is 0 Å². The number of hydrogen-bond acceptors (Lipinski definition) is 5. The number of halogens is 2. The summed E-state index contributed by atoms with van der Waals surface area (Å²) in [5.41, 5.74) is -0.751. The third-order valence-corrected chi connectivity index (χ3v) is 2.45. The Kier molecular flexibility index (Phi) is 8.42. The Bertz CT molecular complexity index is 446. The summed E-state index contributed by atoms with van der Waals surface area (Å²) in [5, 5.41) is 13.4. The second kappa shape index (κ2) is 9.24. The van der Waals surface area contributed by atoms with Crippen molar-refractivity contribution in [2.75, 3.05) is 6.54 Å². The molecule has 0 unspecified atom stereocenters. The summed E-state index contributed by atoms with van der Waals surface area (Å²) in [4.78, 5) is 33.6. The molecule has 3 N–H and O–H groups in total. The minimum atomic E-state index is -3.56. The number of unbranched alkanes of at least 4 members (excludes halogenated alkanes) is 1. The molecule has 1 atom stereocenters. The molecule has 0 fully saturated rings. The first-order valence-corrected chi connectivity index (χ1v) is 7.37. The Morgan fingerprint density at radius 2 is 1.62 bits per heavy atom. The van der Waals surface area contributed by atoms with Crippen molar-refractivity contribution in [3.8, 4) is 0 Å². The second-order valence-corrected chi connectivity index (χ2v) is 6.16. The molecule has 0 aromatic rings. The number of carboxylic acids is 1. The van der Waals surface area contributed by atoms with E-state index in [1.807, 2.05) is 0 Å². The molecule has 0 aromatic heterocycles. The fourth-order valence-electron chi connectivity index (χ4n) is 1.57. The predicted octanol–water partition coefficient (Wildman–Crippen LogP) is 2.47. The van der Waals surface area contributed by atoms with E-state index in [4.69, 9.17) is 9.84 Å². The van der Waals surface area contributed by atoms with E-state index in [0.29, 0.717) is 19.8 Å². The van der Waals surface area contributed by atoms with E-state index in [1.54, 1.807) is 20.8 Å². The van der Waals surface area contributed by atoms with Gasteiger partial charge in [-0.05, 0) is 40.0 Å². The van der Waals surface area contributed by atoms with Gasteiger partial charge in [-0.15, -0.1) is 0 Å². The molecule has 140 valence electrons. The summed E-state index contributed by atoms with van der Waals surface area (Å²) in [5.74, 6) is -1.22. The molecule has 8 nitrogen and oxygen atoms in total. The highest BCUT2D eigenvalue weighted by atomic mass is 19.3. The smallest absolute Gasteiger partial charge is 0.411 e. The van der Waals surface area contributed by atoms with E-state index in [1.165, 1.54) is 0 Å². The van der Waals surface area contributed by atoms with Gasteiger partial charge in [-0.25, -0.2) is 14.4 Å². The Labute approximate surface area is 138 Å². The van der Waals surface area contributed by atoms with Crippen LogP contribution in [0.15, 0.2) is 0 Å². The minimum Gasteiger partial charge on any atom is -0.480 e. The van der Waals surface area contributed by atoms with Gasteiger partial charge in [-0.2, -0.15) is 8.78 Å². The molecular weight excluding hydrogens is 330 g/mol. The van der Waals surface area contributed by atoms with E-state index in [2.05, 4.69) is 15.4 Å². The van der Waals surface area contributed by atoms with Crippen LogP contribution in [0.3, 0.4) is 0 Å². The van der Waals surface area contributed by atoms with Crippen LogP contribution in [0, 0.1) is 0 Å². The van der Waals surface area contributed by atoms with E-state index in [9.17, 15) is 23.2 Å². The van der Waals surface area contributed by atoms with Crippen LogP contribution in [0.1, 0.15) is 47.0 Å². The minimum absolute atomic E-state index is 0.0354. The van der Waals surface area contributed by atoms with Gasteiger partial charge in [0.2, 0.25) is 0 Å². The van der Waals surface area contributed by atoms with Crippen LogP contribution >= 0.6 is 0 Å². The molecule has 24 heavy (non-hydrogen) atoms. The van der Waals surface area contributed by atoms with Crippen LogP contribution in [-0.4, -0.2) is 47.6 Å². The highest BCUT2D eigenvalue weighted by molar-refractivity contribution is 5.79. The quantitative estimate of drug-likeness (QED) is 0.577. The van der Waals surface area contributed by atoms with Gasteiger partial charge in [0, 0.05) is 13.5 Å². The molecule has 0 radical (unpaired) electrons. The maximum absolute atomic E-state index is 12.4. The molecule has 0 aliphatic carbocycles. The molecule has 0 bridgehead atoms. The lowest BCUT2D eigenvalue weighted by Gasteiger charge is -2.22. The molecule has 0 aliphatic rings. The molecule has 0 rings (SSSR count). The van der Waals surface area contributed by atoms with Gasteiger partial charge < -0.3 is 25.2 Å². The van der Waals surface area contributed by atoms with Crippen LogP contribution < -0.4 is 10.6 Å². The summed E-state index contributed by atoms with van der Waals surface area (Å²) in [6, 6.07) is -1.15. The van der Waals surface area contributed by atoms with Crippen molar-refractivity contribution in [2.45, 2.75) is 64.7 Å². The topological polar surface area (TPSA) is 114 Å². The summed E-state index contributed by atoms with van der Waals surface area (Å²) in [6.45, 7) is 5.41. The largest absolute Gasteiger partial charge is 0.480 e. The van der Waals surface area contributed by atoms with Crippen molar-refractivity contribution in [3.63, 3.8) is 0 Å². The molecular formula is C14H24F2N2O6. The lowest BCUT2D eigenvalue weighted by Crippen LogP contribution is -2.43. The van der Waals surface area contributed by atoms with Crippen LogP contribution in [0.25, 0.3) is 0 Å². The van der Waals surface area contributed by atoms with Crippen molar-refractivity contribution >= 4 is 18.2 Å². The fraction of sp³-hybridized carbons (Fsp3) is 0.786. The Morgan fingerprint density at radius 1 is 1.04 bits per heavy atom. The molecule has 2 amide bonds. The average Bonchev–Trinajstić information content (AvgIpc) is 2.32. The van der Waals surface area contributed by atoms with Crippen molar-refractivity contribution < 1.29 is 37.7 Å². The Hall–Kier alpha value is -2.13. The number of carboxylic acid groups (broad SMARTS) is 1. The lowest BCUT2D eigenvalue weighted by atomic mass is 10.1. The molecule has 0 heterocycles. The number of carbonyl (C=O) groups excluding carboxylic acids is 2. The van der Waals surface area contributed by atoms with Gasteiger partial charge in [0.1, 0.15) is 11.6 Å². The number of nitrogens with one attached hydrogen (secondary N) is 2. The number of aliphatic carboxylic acids is 1. The van der Waals surface area contributed by atoms with Crippen LogP contribution in [0.4, 0.5) is 18.4 Å². The van der Waals surface area contributed by atoms with E-state index in [-0.39, 0.29) is 13.0 Å². The predicted molar refractivity (Wildman–Crippen MR) is 79.7 cm³/mol. The number of rotatable bonds is 8. The standard InChI is InChI=1S/C14H24F2N2O6/c1-13(2,3)23-12(22)18-9(10(19)20)7-5-6-8-17-11(21)24-14(4,15)16/h9H,5-8H2,1-4H3,(H,17,21)(H,18,22)(H,19,20)/t9-/m0/s1. The van der Waals surface area contributed by atoms with Gasteiger partial charge >= 0.3 is 24.3 Å². The first-order chi connectivity index (χ1) is 10.8. The molecule has 10 heteroatoms. The average molecular weight is 354 g/mol. The Balaban J connectivity index is 4.09. The van der Waals surface area contributed by atoms with Crippen molar-refractivity contribution in [3.05, 3.63) is 0 Å². The Morgan fingerprint density at radius 3 is 2.08 bits per heavy atom.